The van der Waals surface area contributed by atoms with Gasteiger partial charge in [-0.2, -0.15) is 0 Å². The molecule has 98 valence electrons. The first-order valence-corrected chi connectivity index (χ1v) is 5.94. The fraction of sp³-hybridized carbons (Fsp3) is 0.273. The molecule has 1 aromatic carbocycles. The number of rotatable bonds is 6. The minimum absolute atomic E-state index is 0.141. The van der Waals surface area contributed by atoms with Gasteiger partial charge in [-0.1, -0.05) is 15.9 Å². The van der Waals surface area contributed by atoms with E-state index in [1.165, 1.54) is 4.90 Å². The Morgan fingerprint density at radius 1 is 1.22 bits per heavy atom. The molecule has 0 atom stereocenters. The normalized spacial score (nSPS) is 10.1. The summed E-state index contributed by atoms with van der Waals surface area (Å²) in [5.74, 6) is -1.16. The van der Waals surface area contributed by atoms with Crippen LogP contribution in [0.25, 0.3) is 0 Å². The number of benzene rings is 1. The van der Waals surface area contributed by atoms with Crippen molar-refractivity contribution < 1.29 is 14.7 Å². The van der Waals surface area contributed by atoms with Crippen molar-refractivity contribution in [2.75, 3.05) is 18.0 Å². The van der Waals surface area contributed by atoms with E-state index >= 15 is 0 Å². The van der Waals surface area contributed by atoms with E-state index in [-0.39, 0.29) is 19.7 Å². The van der Waals surface area contributed by atoms with E-state index in [0.717, 1.165) is 4.47 Å². The van der Waals surface area contributed by atoms with E-state index in [2.05, 4.69) is 15.9 Å². The fourth-order valence-corrected chi connectivity index (χ4v) is 2.00. The molecule has 0 saturated heterocycles. The van der Waals surface area contributed by atoms with E-state index < -0.39 is 11.8 Å². The summed E-state index contributed by atoms with van der Waals surface area (Å²) in [4.78, 5) is 23.4. The monoisotopic (exact) mass is 315 g/mol. The van der Waals surface area contributed by atoms with Gasteiger partial charge in [-0.25, -0.2) is 0 Å². The lowest BCUT2D eigenvalue weighted by Gasteiger charge is -2.24. The second-order valence-electron chi connectivity index (χ2n) is 3.72. The van der Waals surface area contributed by atoms with Crippen LogP contribution in [0.2, 0.25) is 0 Å². The third-order valence-corrected chi connectivity index (χ3v) is 2.74. The van der Waals surface area contributed by atoms with Crippen LogP contribution in [0.4, 0.5) is 5.69 Å². The number of carbonyl (C=O) groups excluding carboxylic acids is 2. The van der Waals surface area contributed by atoms with Gasteiger partial charge in [-0.15, -0.1) is 0 Å². The van der Waals surface area contributed by atoms with Crippen LogP contribution in [0.15, 0.2) is 22.7 Å². The van der Waals surface area contributed by atoms with E-state index in [1.54, 1.807) is 18.2 Å². The van der Waals surface area contributed by atoms with E-state index in [9.17, 15) is 14.7 Å². The molecule has 0 aliphatic heterocycles. The van der Waals surface area contributed by atoms with Crippen molar-refractivity contribution in [3.63, 3.8) is 0 Å². The topological polar surface area (TPSA) is 110 Å². The second kappa shape index (κ2) is 6.36. The highest BCUT2D eigenvalue weighted by molar-refractivity contribution is 9.10. The number of aliphatic hydroxyl groups excluding tert-OH is 1. The van der Waals surface area contributed by atoms with Crippen LogP contribution in [0.5, 0.6) is 0 Å². The summed E-state index contributed by atoms with van der Waals surface area (Å²) < 4.78 is 0.786. The molecule has 2 amide bonds. The number of hydrogen-bond acceptors (Lipinski definition) is 4. The molecule has 0 fully saturated rings. The molecular formula is C11H14BrN3O3. The van der Waals surface area contributed by atoms with E-state index in [1.807, 2.05) is 0 Å². The quantitative estimate of drug-likeness (QED) is 0.670. The maximum absolute atomic E-state index is 11.0. The molecule has 0 spiro atoms. The number of hydrogen-bond donors (Lipinski definition) is 3. The van der Waals surface area contributed by atoms with Crippen molar-refractivity contribution in [1.82, 2.24) is 0 Å². The first-order valence-electron chi connectivity index (χ1n) is 5.15. The lowest BCUT2D eigenvalue weighted by molar-refractivity contribution is -0.117. The minimum Gasteiger partial charge on any atom is -0.392 e. The first kappa shape index (κ1) is 14.5. The Morgan fingerprint density at radius 3 is 2.22 bits per heavy atom. The Hall–Kier alpha value is -1.60. The van der Waals surface area contributed by atoms with Crippen LogP contribution in [-0.4, -0.2) is 30.0 Å². The number of amides is 2. The number of carbonyl (C=O) groups is 2. The molecule has 6 nitrogen and oxygen atoms in total. The third-order valence-electron chi connectivity index (χ3n) is 2.25. The smallest absolute Gasteiger partial charge is 0.236 e. The summed E-state index contributed by atoms with van der Waals surface area (Å²) in [7, 11) is 0. The summed E-state index contributed by atoms with van der Waals surface area (Å²) in [5, 5.41) is 9.28. The lowest BCUT2D eigenvalue weighted by atomic mass is 10.1. The van der Waals surface area contributed by atoms with Crippen molar-refractivity contribution in [1.29, 1.82) is 0 Å². The van der Waals surface area contributed by atoms with Gasteiger partial charge in [0.25, 0.3) is 0 Å². The Balaban J connectivity index is 3.10. The maximum atomic E-state index is 11.0. The minimum atomic E-state index is -0.581. The van der Waals surface area contributed by atoms with Gasteiger partial charge in [0.2, 0.25) is 11.8 Å². The van der Waals surface area contributed by atoms with Gasteiger partial charge < -0.3 is 21.5 Å². The van der Waals surface area contributed by atoms with Crippen molar-refractivity contribution in [2.24, 2.45) is 11.5 Å². The predicted octanol–water partition coefficient (Wildman–Crippen LogP) is -0.282. The van der Waals surface area contributed by atoms with E-state index in [4.69, 9.17) is 11.5 Å². The number of nitrogens with two attached hydrogens (primary N) is 2. The number of primary amides is 2. The van der Waals surface area contributed by atoms with E-state index in [0.29, 0.717) is 11.3 Å². The Morgan fingerprint density at radius 2 is 1.78 bits per heavy atom. The van der Waals surface area contributed by atoms with Crippen LogP contribution in [0.3, 0.4) is 0 Å². The Labute approximate surface area is 113 Å². The molecule has 1 rings (SSSR count). The Bertz CT molecular complexity index is 449. The lowest BCUT2D eigenvalue weighted by Crippen LogP contribution is -2.40. The van der Waals surface area contributed by atoms with Crippen LogP contribution in [0, 0.1) is 0 Å². The number of halogens is 1. The van der Waals surface area contributed by atoms with Crippen LogP contribution >= 0.6 is 15.9 Å². The molecule has 0 heterocycles. The van der Waals surface area contributed by atoms with Crippen LogP contribution < -0.4 is 16.4 Å². The van der Waals surface area contributed by atoms with Crippen molar-refractivity contribution in [3.8, 4) is 0 Å². The molecule has 0 radical (unpaired) electrons. The van der Waals surface area contributed by atoms with Gasteiger partial charge in [0, 0.05) is 15.7 Å². The second-order valence-corrected chi connectivity index (χ2v) is 4.64. The van der Waals surface area contributed by atoms with Crippen molar-refractivity contribution in [2.45, 2.75) is 6.61 Å². The SMILES string of the molecule is NC(=O)CN(CC(N)=O)c1ccc(Br)cc1CO. The Kier molecular flexibility index (Phi) is 5.11. The van der Waals surface area contributed by atoms with Gasteiger partial charge in [-0.3, -0.25) is 9.59 Å². The third kappa shape index (κ3) is 4.01. The highest BCUT2D eigenvalue weighted by Gasteiger charge is 2.15. The summed E-state index contributed by atoms with van der Waals surface area (Å²) in [6, 6.07) is 5.12. The predicted molar refractivity (Wildman–Crippen MR) is 70.7 cm³/mol. The summed E-state index contributed by atoms with van der Waals surface area (Å²) in [6.45, 7) is -0.502. The summed E-state index contributed by atoms with van der Waals surface area (Å²) in [5.41, 5.74) is 11.4. The number of nitrogens with zero attached hydrogens (tertiary/aromatic N) is 1. The zero-order valence-electron chi connectivity index (χ0n) is 9.60. The molecular weight excluding hydrogens is 302 g/mol. The molecule has 0 aromatic heterocycles. The highest BCUT2D eigenvalue weighted by Crippen LogP contribution is 2.24. The average Bonchev–Trinajstić information content (AvgIpc) is 2.26. The molecule has 0 aliphatic rings. The zero-order chi connectivity index (χ0) is 13.7. The van der Waals surface area contributed by atoms with Gasteiger partial charge in [0.15, 0.2) is 0 Å². The zero-order valence-corrected chi connectivity index (χ0v) is 11.2. The van der Waals surface area contributed by atoms with Crippen molar-refractivity contribution >= 4 is 33.4 Å². The van der Waals surface area contributed by atoms with Gasteiger partial charge in [0.05, 0.1) is 19.7 Å². The molecule has 7 heteroatoms. The fourth-order valence-electron chi connectivity index (χ4n) is 1.59. The summed E-state index contributed by atoms with van der Waals surface area (Å²) in [6.07, 6.45) is 0. The molecule has 0 unspecified atom stereocenters. The molecule has 1 aromatic rings. The molecule has 18 heavy (non-hydrogen) atoms. The average molecular weight is 316 g/mol. The molecule has 5 N–H and O–H groups in total. The van der Waals surface area contributed by atoms with Crippen LogP contribution in [0.1, 0.15) is 5.56 Å². The van der Waals surface area contributed by atoms with Crippen LogP contribution in [-0.2, 0) is 16.2 Å². The standard InChI is InChI=1S/C11H14BrN3O3/c12-8-1-2-9(7(3-8)6-16)15(4-10(13)17)5-11(14)18/h1-3,16H,4-6H2,(H2,13,17)(H2,14,18). The maximum Gasteiger partial charge on any atom is 0.236 e. The number of aliphatic hydroxyl groups is 1. The van der Waals surface area contributed by atoms with Crippen molar-refractivity contribution in [3.05, 3.63) is 28.2 Å². The largest absolute Gasteiger partial charge is 0.392 e. The summed E-state index contributed by atoms with van der Waals surface area (Å²) >= 11 is 3.28. The number of anilines is 1. The first-order chi connectivity index (χ1) is 8.43. The van der Waals surface area contributed by atoms with Gasteiger partial charge in [0.1, 0.15) is 0 Å². The molecule has 0 bridgehead atoms. The van der Waals surface area contributed by atoms with Gasteiger partial charge in [-0.05, 0) is 18.2 Å². The molecule has 0 aliphatic carbocycles. The highest BCUT2D eigenvalue weighted by atomic mass is 79.9. The van der Waals surface area contributed by atoms with Gasteiger partial charge >= 0.3 is 0 Å². The molecule has 0 saturated carbocycles.